The number of carbonyl (C=O) groups excluding carboxylic acids is 1. The molecule has 5 heteroatoms. The Balaban J connectivity index is 1.62. The van der Waals surface area contributed by atoms with E-state index in [1.807, 2.05) is 11.1 Å². The van der Waals surface area contributed by atoms with Gasteiger partial charge < -0.3 is 14.6 Å². The average molecular weight is 263 g/mol. The molecule has 1 amide bonds. The number of nitrogens with one attached hydrogen (secondary N) is 1. The fraction of sp³-hybridized carbons (Fsp3) is 0.714. The number of nitrogens with zero attached hydrogens (tertiary/aromatic N) is 2. The van der Waals surface area contributed by atoms with Crippen molar-refractivity contribution in [1.82, 2.24) is 14.9 Å². The van der Waals surface area contributed by atoms with E-state index in [1.165, 1.54) is 0 Å². The van der Waals surface area contributed by atoms with Crippen LogP contribution in [0.25, 0.3) is 0 Å². The van der Waals surface area contributed by atoms with Gasteiger partial charge in [0.25, 0.3) is 0 Å². The van der Waals surface area contributed by atoms with Crippen LogP contribution in [0.5, 0.6) is 0 Å². The molecule has 1 atom stereocenters. The molecule has 1 unspecified atom stereocenters. The minimum Gasteiger partial charge on any atom is -0.381 e. The Morgan fingerprint density at radius 3 is 2.95 bits per heavy atom. The van der Waals surface area contributed by atoms with Crippen molar-refractivity contribution in [1.29, 1.82) is 0 Å². The van der Waals surface area contributed by atoms with Gasteiger partial charge in [-0.05, 0) is 25.7 Å². The second kappa shape index (κ2) is 5.74. The summed E-state index contributed by atoms with van der Waals surface area (Å²) in [5.74, 6) is 1.88. The van der Waals surface area contributed by atoms with Crippen LogP contribution in [-0.4, -0.2) is 47.1 Å². The van der Waals surface area contributed by atoms with Crippen molar-refractivity contribution in [3.63, 3.8) is 0 Å². The van der Waals surface area contributed by atoms with E-state index in [0.717, 1.165) is 57.8 Å². The number of piperidine rings is 1. The first-order chi connectivity index (χ1) is 9.34. The normalized spacial score (nSPS) is 25.5. The molecule has 0 spiro atoms. The third-order valence-electron chi connectivity index (χ3n) is 4.21. The number of H-pyrrole nitrogens is 1. The van der Waals surface area contributed by atoms with Crippen molar-refractivity contribution >= 4 is 5.91 Å². The van der Waals surface area contributed by atoms with Crippen molar-refractivity contribution in [3.8, 4) is 0 Å². The van der Waals surface area contributed by atoms with Gasteiger partial charge in [0.2, 0.25) is 5.91 Å². The van der Waals surface area contributed by atoms with E-state index >= 15 is 0 Å². The number of likely N-dealkylation sites (tertiary alicyclic amines) is 1. The number of carbonyl (C=O) groups is 1. The standard InChI is InChI=1S/C14H21N3O2/c18-14(11-3-8-19-9-4-11)17-7-1-2-12(10-17)13-15-5-6-16-13/h5-6,11-12H,1-4,7-10H2,(H,15,16). The first-order valence-electron chi connectivity index (χ1n) is 7.20. The van der Waals surface area contributed by atoms with Crippen molar-refractivity contribution in [2.24, 2.45) is 5.92 Å². The zero-order valence-corrected chi connectivity index (χ0v) is 11.2. The lowest BCUT2D eigenvalue weighted by atomic mass is 9.93. The van der Waals surface area contributed by atoms with Gasteiger partial charge in [0, 0.05) is 50.5 Å². The van der Waals surface area contributed by atoms with E-state index in [2.05, 4.69) is 9.97 Å². The van der Waals surface area contributed by atoms with E-state index in [1.54, 1.807) is 6.20 Å². The van der Waals surface area contributed by atoms with Crippen LogP contribution in [0.4, 0.5) is 0 Å². The summed E-state index contributed by atoms with van der Waals surface area (Å²) in [5.41, 5.74) is 0. The molecule has 0 radical (unpaired) electrons. The van der Waals surface area contributed by atoms with Crippen molar-refractivity contribution in [3.05, 3.63) is 18.2 Å². The summed E-state index contributed by atoms with van der Waals surface area (Å²) in [6.45, 7) is 3.16. The highest BCUT2D eigenvalue weighted by Gasteiger charge is 2.31. The van der Waals surface area contributed by atoms with Crippen molar-refractivity contribution in [2.45, 2.75) is 31.6 Å². The topological polar surface area (TPSA) is 58.2 Å². The van der Waals surface area contributed by atoms with Crippen LogP contribution in [0.2, 0.25) is 0 Å². The summed E-state index contributed by atoms with van der Waals surface area (Å²) < 4.78 is 5.33. The molecular weight excluding hydrogens is 242 g/mol. The van der Waals surface area contributed by atoms with E-state index in [9.17, 15) is 4.79 Å². The van der Waals surface area contributed by atoms with Gasteiger partial charge in [0.05, 0.1) is 0 Å². The summed E-state index contributed by atoms with van der Waals surface area (Å²) >= 11 is 0. The Labute approximate surface area is 113 Å². The van der Waals surface area contributed by atoms with E-state index in [0.29, 0.717) is 11.8 Å². The van der Waals surface area contributed by atoms with Gasteiger partial charge in [0.15, 0.2) is 0 Å². The summed E-state index contributed by atoms with van der Waals surface area (Å²) in [4.78, 5) is 22.1. The molecule has 2 aliphatic heterocycles. The molecule has 104 valence electrons. The Morgan fingerprint density at radius 2 is 2.21 bits per heavy atom. The van der Waals surface area contributed by atoms with Gasteiger partial charge in [-0.15, -0.1) is 0 Å². The molecular formula is C14H21N3O2. The molecule has 19 heavy (non-hydrogen) atoms. The molecule has 2 aliphatic rings. The van der Waals surface area contributed by atoms with Crippen LogP contribution in [-0.2, 0) is 9.53 Å². The minimum atomic E-state index is 0.170. The quantitative estimate of drug-likeness (QED) is 0.880. The number of rotatable bonds is 2. The fourth-order valence-corrected chi connectivity index (χ4v) is 3.10. The third kappa shape index (κ3) is 2.81. The maximum absolute atomic E-state index is 12.5. The number of imidazole rings is 1. The summed E-state index contributed by atoms with van der Waals surface area (Å²) in [5, 5.41) is 0. The number of ether oxygens (including phenoxy) is 1. The van der Waals surface area contributed by atoms with Crippen LogP contribution in [0, 0.1) is 5.92 Å². The Morgan fingerprint density at radius 1 is 1.37 bits per heavy atom. The average Bonchev–Trinajstić information content (AvgIpc) is 3.02. The molecule has 0 saturated carbocycles. The SMILES string of the molecule is O=C(C1CCOCC1)N1CCCC(c2ncc[nH]2)C1. The third-order valence-corrected chi connectivity index (χ3v) is 4.21. The summed E-state index contributed by atoms with van der Waals surface area (Å²) in [7, 11) is 0. The number of amides is 1. The van der Waals surface area contributed by atoms with Crippen LogP contribution >= 0.6 is 0 Å². The monoisotopic (exact) mass is 263 g/mol. The highest BCUT2D eigenvalue weighted by molar-refractivity contribution is 5.79. The summed E-state index contributed by atoms with van der Waals surface area (Å²) in [6.07, 6.45) is 7.58. The van der Waals surface area contributed by atoms with Crippen molar-refractivity contribution in [2.75, 3.05) is 26.3 Å². The van der Waals surface area contributed by atoms with Gasteiger partial charge in [-0.1, -0.05) is 0 Å². The maximum Gasteiger partial charge on any atom is 0.225 e. The van der Waals surface area contributed by atoms with Gasteiger partial charge in [0.1, 0.15) is 5.82 Å². The summed E-state index contributed by atoms with van der Waals surface area (Å²) in [6, 6.07) is 0. The number of aromatic nitrogens is 2. The van der Waals surface area contributed by atoms with Crippen LogP contribution < -0.4 is 0 Å². The first-order valence-corrected chi connectivity index (χ1v) is 7.20. The predicted molar refractivity (Wildman–Crippen MR) is 70.7 cm³/mol. The highest BCUT2D eigenvalue weighted by Crippen LogP contribution is 2.27. The Kier molecular flexibility index (Phi) is 3.82. The lowest BCUT2D eigenvalue weighted by Crippen LogP contribution is -2.43. The van der Waals surface area contributed by atoms with Gasteiger partial charge in [-0.3, -0.25) is 4.79 Å². The lowest BCUT2D eigenvalue weighted by molar-refractivity contribution is -0.139. The molecule has 0 aromatic carbocycles. The molecule has 1 aromatic heterocycles. The molecule has 5 nitrogen and oxygen atoms in total. The van der Waals surface area contributed by atoms with Crippen molar-refractivity contribution < 1.29 is 9.53 Å². The van der Waals surface area contributed by atoms with Crippen LogP contribution in [0.15, 0.2) is 12.4 Å². The Hall–Kier alpha value is -1.36. The molecule has 3 rings (SSSR count). The zero-order valence-electron chi connectivity index (χ0n) is 11.2. The number of hydrogen-bond donors (Lipinski definition) is 1. The van der Waals surface area contributed by atoms with Crippen LogP contribution in [0.3, 0.4) is 0 Å². The van der Waals surface area contributed by atoms with E-state index in [-0.39, 0.29) is 5.92 Å². The maximum atomic E-state index is 12.5. The smallest absolute Gasteiger partial charge is 0.225 e. The number of aromatic amines is 1. The minimum absolute atomic E-state index is 0.170. The molecule has 0 aliphatic carbocycles. The molecule has 1 aromatic rings. The fourth-order valence-electron chi connectivity index (χ4n) is 3.10. The molecule has 2 saturated heterocycles. The largest absolute Gasteiger partial charge is 0.381 e. The van der Waals surface area contributed by atoms with Gasteiger partial charge in [-0.25, -0.2) is 4.98 Å². The first kappa shape index (κ1) is 12.7. The van der Waals surface area contributed by atoms with E-state index in [4.69, 9.17) is 4.74 Å². The predicted octanol–water partition coefficient (Wildman–Crippen LogP) is 1.54. The molecule has 3 heterocycles. The van der Waals surface area contributed by atoms with Gasteiger partial charge >= 0.3 is 0 Å². The van der Waals surface area contributed by atoms with Gasteiger partial charge in [-0.2, -0.15) is 0 Å². The lowest BCUT2D eigenvalue weighted by Gasteiger charge is -2.35. The highest BCUT2D eigenvalue weighted by atomic mass is 16.5. The number of hydrogen-bond acceptors (Lipinski definition) is 3. The molecule has 1 N–H and O–H groups in total. The Bertz CT molecular complexity index is 412. The van der Waals surface area contributed by atoms with E-state index < -0.39 is 0 Å². The molecule has 0 bridgehead atoms. The van der Waals surface area contributed by atoms with Crippen LogP contribution in [0.1, 0.15) is 37.4 Å². The zero-order chi connectivity index (χ0) is 13.1. The second-order valence-electron chi connectivity index (χ2n) is 5.48. The molecule has 2 fully saturated rings. The second-order valence-corrected chi connectivity index (χ2v) is 5.48.